The summed E-state index contributed by atoms with van der Waals surface area (Å²) >= 11 is 1.67. The molecule has 0 unspecified atom stereocenters. The Morgan fingerprint density at radius 1 is 1.09 bits per heavy atom. The molecule has 2 fully saturated rings. The molecule has 2 aliphatic heterocycles. The van der Waals surface area contributed by atoms with Crippen LogP contribution in [0.5, 0.6) is 0 Å². The number of morpholine rings is 1. The summed E-state index contributed by atoms with van der Waals surface area (Å²) in [6.07, 6.45) is 3.48. The maximum atomic E-state index is 12.6. The average Bonchev–Trinajstić information content (AvgIpc) is 3.06. The molecule has 2 saturated heterocycles. The molecule has 23 heavy (non-hydrogen) atoms. The Morgan fingerprint density at radius 2 is 1.87 bits per heavy atom. The van der Waals surface area contributed by atoms with Gasteiger partial charge in [0.05, 0.1) is 23.4 Å². The molecule has 4 rings (SSSR count). The molecular formula is C17H21N3O2S. The van der Waals surface area contributed by atoms with Crippen LogP contribution in [0.1, 0.15) is 29.6 Å². The minimum absolute atomic E-state index is 0.160. The highest BCUT2D eigenvalue weighted by atomic mass is 32.1. The van der Waals surface area contributed by atoms with Crippen LogP contribution in [-0.4, -0.2) is 55.2 Å². The van der Waals surface area contributed by atoms with E-state index in [1.807, 2.05) is 23.1 Å². The number of nitrogens with zero attached hydrogens (tertiary/aromatic N) is 3. The SMILES string of the molecule is O=C(c1ccc2nc(N3CCOCC3)sc2c1)N1CCCCC1. The molecule has 0 radical (unpaired) electrons. The number of piperidine rings is 1. The summed E-state index contributed by atoms with van der Waals surface area (Å²) in [5, 5.41) is 1.03. The van der Waals surface area contributed by atoms with Crippen molar-refractivity contribution in [1.29, 1.82) is 0 Å². The molecule has 0 aliphatic carbocycles. The van der Waals surface area contributed by atoms with E-state index < -0.39 is 0 Å². The summed E-state index contributed by atoms with van der Waals surface area (Å²) in [5.41, 5.74) is 1.77. The fraction of sp³-hybridized carbons (Fsp3) is 0.529. The first-order chi connectivity index (χ1) is 11.3. The van der Waals surface area contributed by atoms with Gasteiger partial charge in [-0.2, -0.15) is 0 Å². The Kier molecular flexibility index (Phi) is 4.18. The van der Waals surface area contributed by atoms with Crippen molar-refractivity contribution in [3.05, 3.63) is 23.8 Å². The molecule has 1 aromatic carbocycles. The van der Waals surface area contributed by atoms with Gasteiger partial charge in [0, 0.05) is 31.7 Å². The molecule has 0 bridgehead atoms. The number of carbonyl (C=O) groups is 1. The molecule has 0 spiro atoms. The summed E-state index contributed by atoms with van der Waals surface area (Å²) in [6.45, 7) is 5.07. The van der Waals surface area contributed by atoms with Gasteiger partial charge in [0.15, 0.2) is 5.13 Å². The van der Waals surface area contributed by atoms with Crippen molar-refractivity contribution in [1.82, 2.24) is 9.88 Å². The van der Waals surface area contributed by atoms with E-state index in [1.165, 1.54) is 6.42 Å². The van der Waals surface area contributed by atoms with Crippen LogP contribution in [-0.2, 0) is 4.74 Å². The van der Waals surface area contributed by atoms with Gasteiger partial charge in [-0.15, -0.1) is 0 Å². The number of amides is 1. The quantitative estimate of drug-likeness (QED) is 0.849. The van der Waals surface area contributed by atoms with Gasteiger partial charge in [0.25, 0.3) is 5.91 Å². The zero-order valence-electron chi connectivity index (χ0n) is 13.2. The first-order valence-corrected chi connectivity index (χ1v) is 9.15. The number of hydrogen-bond acceptors (Lipinski definition) is 5. The van der Waals surface area contributed by atoms with Crippen molar-refractivity contribution in [2.24, 2.45) is 0 Å². The Morgan fingerprint density at radius 3 is 2.65 bits per heavy atom. The number of anilines is 1. The standard InChI is InChI=1S/C17H21N3O2S/c21-16(19-6-2-1-3-7-19)13-4-5-14-15(12-13)23-17(18-14)20-8-10-22-11-9-20/h4-5,12H,1-3,6-11H2. The van der Waals surface area contributed by atoms with Gasteiger partial charge in [-0.1, -0.05) is 11.3 Å². The molecule has 6 heteroatoms. The zero-order valence-corrected chi connectivity index (χ0v) is 14.0. The van der Waals surface area contributed by atoms with Gasteiger partial charge in [-0.25, -0.2) is 4.98 Å². The molecule has 122 valence electrons. The van der Waals surface area contributed by atoms with E-state index >= 15 is 0 Å². The molecule has 0 N–H and O–H groups in total. The fourth-order valence-electron chi connectivity index (χ4n) is 3.21. The van der Waals surface area contributed by atoms with Crippen LogP contribution in [0.15, 0.2) is 18.2 Å². The van der Waals surface area contributed by atoms with Crippen molar-refractivity contribution >= 4 is 32.6 Å². The summed E-state index contributed by atoms with van der Waals surface area (Å²) in [7, 11) is 0. The Labute approximate surface area is 139 Å². The molecule has 0 atom stereocenters. The van der Waals surface area contributed by atoms with Crippen LogP contribution < -0.4 is 4.90 Å². The zero-order chi connectivity index (χ0) is 15.6. The van der Waals surface area contributed by atoms with E-state index in [4.69, 9.17) is 9.72 Å². The lowest BCUT2D eigenvalue weighted by molar-refractivity contribution is 0.0724. The van der Waals surface area contributed by atoms with Crippen LogP contribution in [0, 0.1) is 0 Å². The van der Waals surface area contributed by atoms with E-state index in [1.54, 1.807) is 11.3 Å². The second-order valence-corrected chi connectivity index (χ2v) is 7.14. The number of carbonyl (C=O) groups excluding carboxylic acids is 1. The largest absolute Gasteiger partial charge is 0.378 e. The second-order valence-electron chi connectivity index (χ2n) is 6.13. The molecule has 3 heterocycles. The van der Waals surface area contributed by atoms with E-state index in [0.29, 0.717) is 0 Å². The van der Waals surface area contributed by atoms with Crippen molar-refractivity contribution in [3.63, 3.8) is 0 Å². The molecule has 1 aromatic heterocycles. The maximum Gasteiger partial charge on any atom is 0.253 e. The van der Waals surface area contributed by atoms with Gasteiger partial charge in [0.1, 0.15) is 0 Å². The van der Waals surface area contributed by atoms with Gasteiger partial charge in [0.2, 0.25) is 0 Å². The van der Waals surface area contributed by atoms with Gasteiger partial charge < -0.3 is 14.5 Å². The minimum atomic E-state index is 0.160. The van der Waals surface area contributed by atoms with Crippen molar-refractivity contribution in [3.8, 4) is 0 Å². The Hall–Kier alpha value is -1.66. The molecule has 2 aliphatic rings. The van der Waals surface area contributed by atoms with Crippen molar-refractivity contribution < 1.29 is 9.53 Å². The summed E-state index contributed by atoms with van der Waals surface area (Å²) in [5.74, 6) is 0.160. The number of aromatic nitrogens is 1. The van der Waals surface area contributed by atoms with Gasteiger partial charge >= 0.3 is 0 Å². The Bertz CT molecular complexity index is 703. The first kappa shape index (κ1) is 14.9. The third-order valence-corrected chi connectivity index (χ3v) is 5.63. The van der Waals surface area contributed by atoms with Crippen LogP contribution in [0.2, 0.25) is 0 Å². The van der Waals surface area contributed by atoms with E-state index in [0.717, 1.165) is 73.1 Å². The predicted octanol–water partition coefficient (Wildman–Crippen LogP) is 2.76. The monoisotopic (exact) mass is 331 g/mol. The maximum absolute atomic E-state index is 12.6. The number of benzene rings is 1. The lowest BCUT2D eigenvalue weighted by Crippen LogP contribution is -2.36. The second kappa shape index (κ2) is 6.45. The number of rotatable bonds is 2. The molecule has 5 nitrogen and oxygen atoms in total. The average molecular weight is 331 g/mol. The lowest BCUT2D eigenvalue weighted by Gasteiger charge is -2.26. The highest BCUT2D eigenvalue weighted by Gasteiger charge is 2.20. The van der Waals surface area contributed by atoms with E-state index in [9.17, 15) is 4.79 Å². The lowest BCUT2D eigenvalue weighted by atomic mass is 10.1. The molecule has 2 aromatic rings. The number of likely N-dealkylation sites (tertiary alicyclic amines) is 1. The smallest absolute Gasteiger partial charge is 0.253 e. The van der Waals surface area contributed by atoms with Crippen LogP contribution in [0.25, 0.3) is 10.2 Å². The number of hydrogen-bond donors (Lipinski definition) is 0. The minimum Gasteiger partial charge on any atom is -0.378 e. The third-order valence-electron chi connectivity index (χ3n) is 4.55. The topological polar surface area (TPSA) is 45.7 Å². The van der Waals surface area contributed by atoms with E-state index in [-0.39, 0.29) is 5.91 Å². The van der Waals surface area contributed by atoms with Crippen LogP contribution in [0.3, 0.4) is 0 Å². The number of thiazole rings is 1. The highest BCUT2D eigenvalue weighted by Crippen LogP contribution is 2.30. The van der Waals surface area contributed by atoms with Crippen LogP contribution >= 0.6 is 11.3 Å². The summed E-state index contributed by atoms with van der Waals surface area (Å²) in [6, 6.07) is 5.91. The summed E-state index contributed by atoms with van der Waals surface area (Å²) < 4.78 is 6.49. The van der Waals surface area contributed by atoms with Crippen molar-refractivity contribution in [2.75, 3.05) is 44.3 Å². The normalized spacial score (nSPS) is 19.3. The van der Waals surface area contributed by atoms with E-state index in [2.05, 4.69) is 4.90 Å². The van der Waals surface area contributed by atoms with Crippen molar-refractivity contribution in [2.45, 2.75) is 19.3 Å². The summed E-state index contributed by atoms with van der Waals surface area (Å²) in [4.78, 5) is 21.6. The molecule has 0 saturated carbocycles. The van der Waals surface area contributed by atoms with Gasteiger partial charge in [-0.05, 0) is 37.5 Å². The first-order valence-electron chi connectivity index (χ1n) is 8.34. The highest BCUT2D eigenvalue weighted by molar-refractivity contribution is 7.22. The fourth-order valence-corrected chi connectivity index (χ4v) is 4.27. The van der Waals surface area contributed by atoms with Crippen LogP contribution in [0.4, 0.5) is 5.13 Å². The predicted molar refractivity (Wildman–Crippen MR) is 92.4 cm³/mol. The number of fused-ring (bicyclic) bond motifs is 1. The number of ether oxygens (including phenoxy) is 1. The Balaban J connectivity index is 1.58. The molecular weight excluding hydrogens is 310 g/mol. The third kappa shape index (κ3) is 3.05. The molecule has 1 amide bonds. The van der Waals surface area contributed by atoms with Gasteiger partial charge in [-0.3, -0.25) is 4.79 Å².